The van der Waals surface area contributed by atoms with E-state index in [1.165, 1.54) is 22.7 Å². The van der Waals surface area contributed by atoms with Gasteiger partial charge in [-0.1, -0.05) is 18.2 Å². The lowest BCUT2D eigenvalue weighted by molar-refractivity contribution is -0.118. The van der Waals surface area contributed by atoms with E-state index < -0.39 is 10.0 Å². The Morgan fingerprint density at radius 3 is 2.45 bits per heavy atom. The van der Waals surface area contributed by atoms with Crippen molar-refractivity contribution < 1.29 is 17.9 Å². The molecule has 0 bridgehead atoms. The number of amides is 1. The van der Waals surface area contributed by atoms with Crippen molar-refractivity contribution >= 4 is 38.6 Å². The number of ether oxygens (including phenoxy) is 1. The zero-order chi connectivity index (χ0) is 21.0. The van der Waals surface area contributed by atoms with Gasteiger partial charge in [0, 0.05) is 12.7 Å². The van der Waals surface area contributed by atoms with Crippen LogP contribution in [0.3, 0.4) is 0 Å². The molecule has 1 heterocycles. The molecule has 0 radical (unpaired) electrons. The maximum Gasteiger partial charge on any atom is 0.273 e. The predicted molar refractivity (Wildman–Crippen MR) is 116 cm³/mol. The van der Waals surface area contributed by atoms with Crippen LogP contribution in [-0.4, -0.2) is 28.0 Å². The third kappa shape index (κ3) is 4.78. The Hall–Kier alpha value is -2.84. The second-order valence-corrected chi connectivity index (χ2v) is 9.63. The number of nitrogens with zero attached hydrogens (tertiary/aromatic N) is 1. The number of benzene rings is 2. The zero-order valence-electron chi connectivity index (χ0n) is 16.4. The lowest BCUT2D eigenvalue weighted by Gasteiger charge is -2.18. The van der Waals surface area contributed by atoms with Crippen LogP contribution in [0.25, 0.3) is 0 Å². The molecule has 0 fully saturated rings. The fraction of sp³-hybridized carbons (Fsp3) is 0.190. The number of carbonyl (C=O) groups excluding carboxylic acids is 1. The molecule has 6 nitrogen and oxygen atoms in total. The van der Waals surface area contributed by atoms with Gasteiger partial charge in [0.05, 0.1) is 5.69 Å². The highest BCUT2D eigenvalue weighted by Crippen LogP contribution is 2.26. The van der Waals surface area contributed by atoms with Crippen LogP contribution in [0.4, 0.5) is 11.4 Å². The van der Waals surface area contributed by atoms with Gasteiger partial charge in [0.1, 0.15) is 9.96 Å². The molecule has 3 rings (SSSR count). The molecule has 152 valence electrons. The summed E-state index contributed by atoms with van der Waals surface area (Å²) in [6, 6.07) is 15.6. The van der Waals surface area contributed by atoms with Crippen LogP contribution in [0, 0.1) is 13.8 Å². The highest BCUT2D eigenvalue weighted by molar-refractivity contribution is 7.94. The number of nitrogens with one attached hydrogen (secondary N) is 1. The van der Waals surface area contributed by atoms with Crippen LogP contribution < -0.4 is 14.4 Å². The second-order valence-electron chi connectivity index (χ2n) is 6.48. The monoisotopic (exact) mass is 430 g/mol. The number of carbonyl (C=O) groups is 1. The van der Waals surface area contributed by atoms with Crippen LogP contribution >= 0.6 is 11.3 Å². The normalized spacial score (nSPS) is 11.1. The van der Waals surface area contributed by atoms with E-state index in [1.54, 1.807) is 41.8 Å². The Kier molecular flexibility index (Phi) is 6.24. The van der Waals surface area contributed by atoms with E-state index in [-0.39, 0.29) is 16.7 Å². The number of hydrogen-bond donors (Lipinski definition) is 1. The Balaban J connectivity index is 1.61. The second kappa shape index (κ2) is 8.67. The van der Waals surface area contributed by atoms with Crippen molar-refractivity contribution in [2.24, 2.45) is 0 Å². The standard InChI is InChI=1S/C21H22N2O4S2/c1-15-6-4-7-19(16(15)2)22-20(24)14-27-18-11-9-17(10-12-18)23(3)29(25,26)21-8-5-13-28-21/h4-13H,14H2,1-3H3,(H,22,24). The molecule has 0 aliphatic rings. The Morgan fingerprint density at radius 1 is 1.07 bits per heavy atom. The van der Waals surface area contributed by atoms with E-state index in [2.05, 4.69) is 5.32 Å². The number of sulfonamides is 1. The molecule has 0 aliphatic heterocycles. The van der Waals surface area contributed by atoms with Gasteiger partial charge in [-0.15, -0.1) is 11.3 Å². The van der Waals surface area contributed by atoms with Crippen LogP contribution in [0.2, 0.25) is 0 Å². The summed E-state index contributed by atoms with van der Waals surface area (Å²) in [5.74, 6) is 0.215. The number of hydrogen-bond acceptors (Lipinski definition) is 5. The molecule has 3 aromatic rings. The number of rotatable bonds is 7. The van der Waals surface area contributed by atoms with Crippen molar-refractivity contribution in [1.29, 1.82) is 0 Å². The summed E-state index contributed by atoms with van der Waals surface area (Å²) >= 11 is 1.17. The minimum absolute atomic E-state index is 0.143. The fourth-order valence-electron chi connectivity index (χ4n) is 2.66. The minimum atomic E-state index is -3.58. The van der Waals surface area contributed by atoms with Crippen LogP contribution in [0.1, 0.15) is 11.1 Å². The predicted octanol–water partition coefficient (Wildman–Crippen LogP) is 4.21. The quantitative estimate of drug-likeness (QED) is 0.609. The fourth-order valence-corrected chi connectivity index (χ4v) is 5.01. The third-order valence-corrected chi connectivity index (χ3v) is 7.72. The summed E-state index contributed by atoms with van der Waals surface area (Å²) in [4.78, 5) is 12.2. The lowest BCUT2D eigenvalue weighted by atomic mass is 10.1. The molecular weight excluding hydrogens is 408 g/mol. The molecule has 1 N–H and O–H groups in total. The van der Waals surface area contributed by atoms with Gasteiger partial charge in [-0.2, -0.15) is 0 Å². The van der Waals surface area contributed by atoms with Crippen molar-refractivity contribution in [1.82, 2.24) is 0 Å². The Morgan fingerprint density at radius 2 is 1.79 bits per heavy atom. The number of thiophene rings is 1. The maximum atomic E-state index is 12.6. The van der Waals surface area contributed by atoms with E-state index in [4.69, 9.17) is 4.74 Å². The van der Waals surface area contributed by atoms with Crippen molar-refractivity contribution in [2.45, 2.75) is 18.1 Å². The van der Waals surface area contributed by atoms with Gasteiger partial charge in [0.25, 0.3) is 15.9 Å². The zero-order valence-corrected chi connectivity index (χ0v) is 18.0. The molecule has 29 heavy (non-hydrogen) atoms. The molecule has 1 aromatic heterocycles. The van der Waals surface area contributed by atoms with E-state index in [1.807, 2.05) is 32.0 Å². The van der Waals surface area contributed by atoms with Gasteiger partial charge in [-0.05, 0) is 66.8 Å². The number of anilines is 2. The van der Waals surface area contributed by atoms with Gasteiger partial charge in [-0.25, -0.2) is 8.42 Å². The lowest BCUT2D eigenvalue weighted by Crippen LogP contribution is -2.25. The largest absolute Gasteiger partial charge is 0.484 e. The van der Waals surface area contributed by atoms with Crippen LogP contribution in [0.5, 0.6) is 5.75 Å². The first-order valence-corrected chi connectivity index (χ1v) is 11.2. The molecule has 0 saturated heterocycles. The Labute approximate surface area is 174 Å². The van der Waals surface area contributed by atoms with Crippen molar-refractivity contribution in [3.8, 4) is 5.75 Å². The highest BCUT2D eigenvalue weighted by Gasteiger charge is 2.22. The van der Waals surface area contributed by atoms with Gasteiger partial charge in [0.15, 0.2) is 6.61 Å². The molecule has 1 amide bonds. The SMILES string of the molecule is Cc1cccc(NC(=O)COc2ccc(N(C)S(=O)(=O)c3cccs3)cc2)c1C. The average Bonchev–Trinajstić information content (AvgIpc) is 3.25. The Bertz CT molecular complexity index is 1090. The molecule has 0 saturated carbocycles. The molecule has 0 spiro atoms. The van der Waals surface area contributed by atoms with E-state index in [0.717, 1.165) is 16.8 Å². The van der Waals surface area contributed by atoms with Crippen LogP contribution in [-0.2, 0) is 14.8 Å². The summed E-state index contributed by atoms with van der Waals surface area (Å²) < 4.78 is 32.2. The number of aryl methyl sites for hydroxylation is 1. The average molecular weight is 431 g/mol. The first-order valence-electron chi connectivity index (χ1n) is 8.90. The van der Waals surface area contributed by atoms with E-state index >= 15 is 0 Å². The van der Waals surface area contributed by atoms with Gasteiger partial charge < -0.3 is 10.1 Å². The van der Waals surface area contributed by atoms with Crippen molar-refractivity contribution in [3.63, 3.8) is 0 Å². The van der Waals surface area contributed by atoms with E-state index in [9.17, 15) is 13.2 Å². The summed E-state index contributed by atoms with van der Waals surface area (Å²) in [6.45, 7) is 3.79. The third-order valence-electron chi connectivity index (χ3n) is 4.56. The van der Waals surface area contributed by atoms with Gasteiger partial charge in [-0.3, -0.25) is 9.10 Å². The van der Waals surface area contributed by atoms with Crippen LogP contribution in [0.15, 0.2) is 64.2 Å². The molecular formula is C21H22N2O4S2. The first kappa shape index (κ1) is 20.9. The summed E-state index contributed by atoms with van der Waals surface area (Å²) in [5.41, 5.74) is 3.38. The summed E-state index contributed by atoms with van der Waals surface area (Å²) in [5, 5.41) is 4.56. The van der Waals surface area contributed by atoms with Gasteiger partial charge in [0.2, 0.25) is 0 Å². The van der Waals surface area contributed by atoms with Crippen molar-refractivity contribution in [2.75, 3.05) is 23.3 Å². The molecule has 2 aromatic carbocycles. The van der Waals surface area contributed by atoms with Crippen molar-refractivity contribution in [3.05, 3.63) is 71.1 Å². The molecule has 8 heteroatoms. The molecule has 0 atom stereocenters. The summed E-state index contributed by atoms with van der Waals surface area (Å²) in [6.07, 6.45) is 0. The molecule has 0 aliphatic carbocycles. The molecule has 0 unspecified atom stereocenters. The summed E-state index contributed by atoms with van der Waals surface area (Å²) in [7, 11) is -2.08. The smallest absolute Gasteiger partial charge is 0.273 e. The topological polar surface area (TPSA) is 75.7 Å². The van der Waals surface area contributed by atoms with Gasteiger partial charge >= 0.3 is 0 Å². The highest BCUT2D eigenvalue weighted by atomic mass is 32.2. The maximum absolute atomic E-state index is 12.6. The first-order chi connectivity index (χ1) is 13.8. The van der Waals surface area contributed by atoms with E-state index in [0.29, 0.717) is 11.4 Å². The minimum Gasteiger partial charge on any atom is -0.484 e.